The molecule has 0 spiro atoms. The highest BCUT2D eigenvalue weighted by Crippen LogP contribution is 2.19. The number of carbonyl (C=O) groups excluding carboxylic acids is 2. The SMILES string of the molecule is CC(=O)N(CC(=O)NCCc1ccccc1F)c1ccccc1C#N. The van der Waals surface area contributed by atoms with Gasteiger partial charge in [-0.2, -0.15) is 5.26 Å². The van der Waals surface area contributed by atoms with Crippen molar-refractivity contribution >= 4 is 17.5 Å². The second-order valence-corrected chi connectivity index (χ2v) is 5.43. The Bertz CT molecular complexity index is 814. The predicted octanol–water partition coefficient (Wildman–Crippen LogP) is 2.41. The van der Waals surface area contributed by atoms with Gasteiger partial charge in [-0.15, -0.1) is 0 Å². The molecule has 0 aromatic heterocycles. The summed E-state index contributed by atoms with van der Waals surface area (Å²) in [7, 11) is 0. The summed E-state index contributed by atoms with van der Waals surface area (Å²) in [4.78, 5) is 25.2. The fourth-order valence-electron chi connectivity index (χ4n) is 2.41. The molecule has 0 unspecified atom stereocenters. The molecule has 2 rings (SSSR count). The van der Waals surface area contributed by atoms with Gasteiger partial charge in [-0.1, -0.05) is 30.3 Å². The van der Waals surface area contributed by atoms with Gasteiger partial charge in [0.25, 0.3) is 0 Å². The third kappa shape index (κ3) is 4.88. The molecule has 0 heterocycles. The molecule has 0 aliphatic heterocycles. The van der Waals surface area contributed by atoms with Gasteiger partial charge in [0.1, 0.15) is 18.4 Å². The van der Waals surface area contributed by atoms with E-state index in [4.69, 9.17) is 5.26 Å². The van der Waals surface area contributed by atoms with Gasteiger partial charge in [0.15, 0.2) is 0 Å². The summed E-state index contributed by atoms with van der Waals surface area (Å²) in [5.74, 6) is -1.03. The number of nitrogens with zero attached hydrogens (tertiary/aromatic N) is 2. The Hall–Kier alpha value is -3.20. The van der Waals surface area contributed by atoms with Crippen LogP contribution in [0.15, 0.2) is 48.5 Å². The molecule has 0 saturated carbocycles. The highest BCUT2D eigenvalue weighted by Gasteiger charge is 2.18. The quantitative estimate of drug-likeness (QED) is 0.878. The van der Waals surface area contributed by atoms with Crippen molar-refractivity contribution in [2.24, 2.45) is 0 Å². The van der Waals surface area contributed by atoms with Crippen molar-refractivity contribution < 1.29 is 14.0 Å². The average Bonchev–Trinajstić information content (AvgIpc) is 2.61. The molecule has 1 N–H and O–H groups in total. The summed E-state index contributed by atoms with van der Waals surface area (Å²) in [6, 6.07) is 15.0. The van der Waals surface area contributed by atoms with E-state index in [1.807, 2.05) is 6.07 Å². The Morgan fingerprint density at radius 1 is 1.16 bits per heavy atom. The number of rotatable bonds is 6. The largest absolute Gasteiger partial charge is 0.354 e. The molecule has 5 nitrogen and oxygen atoms in total. The molecular weight excluding hydrogens is 321 g/mol. The van der Waals surface area contributed by atoms with E-state index in [1.54, 1.807) is 42.5 Å². The molecule has 128 valence electrons. The zero-order valence-corrected chi connectivity index (χ0v) is 13.8. The summed E-state index contributed by atoms with van der Waals surface area (Å²) >= 11 is 0. The number of carbonyl (C=O) groups is 2. The van der Waals surface area contributed by atoms with Crippen molar-refractivity contribution in [3.8, 4) is 6.07 Å². The summed E-state index contributed by atoms with van der Waals surface area (Å²) in [5.41, 5.74) is 1.22. The van der Waals surface area contributed by atoms with Gasteiger partial charge in [-0.05, 0) is 30.2 Å². The molecular formula is C19H18FN3O2. The minimum atomic E-state index is -0.376. The van der Waals surface area contributed by atoms with Crippen LogP contribution >= 0.6 is 0 Å². The van der Waals surface area contributed by atoms with Crippen LogP contribution in [-0.2, 0) is 16.0 Å². The van der Waals surface area contributed by atoms with E-state index in [9.17, 15) is 14.0 Å². The van der Waals surface area contributed by atoms with Crippen molar-refractivity contribution in [3.63, 3.8) is 0 Å². The second kappa shape index (κ2) is 8.60. The first-order valence-corrected chi connectivity index (χ1v) is 7.80. The standard InChI is InChI=1S/C19H18FN3O2/c1-14(24)23(18-9-5-3-7-16(18)12-21)13-19(25)22-11-10-15-6-2-4-8-17(15)20/h2-9H,10-11,13H2,1H3,(H,22,25). The zero-order chi connectivity index (χ0) is 18.2. The van der Waals surface area contributed by atoms with Gasteiger partial charge in [-0.25, -0.2) is 4.39 Å². The van der Waals surface area contributed by atoms with E-state index >= 15 is 0 Å². The van der Waals surface area contributed by atoms with Gasteiger partial charge in [-0.3, -0.25) is 9.59 Å². The smallest absolute Gasteiger partial charge is 0.240 e. The molecule has 2 aromatic carbocycles. The first-order chi connectivity index (χ1) is 12.0. The van der Waals surface area contributed by atoms with E-state index < -0.39 is 0 Å². The molecule has 2 aromatic rings. The van der Waals surface area contributed by atoms with Crippen LogP contribution in [0.3, 0.4) is 0 Å². The summed E-state index contributed by atoms with van der Waals surface area (Å²) in [6.45, 7) is 1.39. The molecule has 6 heteroatoms. The number of halogens is 1. The Morgan fingerprint density at radius 2 is 1.84 bits per heavy atom. The van der Waals surface area contributed by atoms with Gasteiger partial charge in [0, 0.05) is 13.5 Å². The van der Waals surface area contributed by atoms with Crippen molar-refractivity contribution in [1.29, 1.82) is 5.26 Å². The monoisotopic (exact) mass is 339 g/mol. The minimum absolute atomic E-state index is 0.203. The van der Waals surface area contributed by atoms with Crippen LogP contribution in [-0.4, -0.2) is 24.9 Å². The van der Waals surface area contributed by atoms with Crippen LogP contribution in [0.4, 0.5) is 10.1 Å². The van der Waals surface area contributed by atoms with Gasteiger partial charge in [0.2, 0.25) is 11.8 Å². The topological polar surface area (TPSA) is 73.2 Å². The summed E-state index contributed by atoms with van der Waals surface area (Å²) < 4.78 is 13.5. The van der Waals surface area contributed by atoms with Crippen LogP contribution in [0.1, 0.15) is 18.1 Å². The molecule has 25 heavy (non-hydrogen) atoms. The number of anilines is 1. The zero-order valence-electron chi connectivity index (χ0n) is 13.8. The predicted molar refractivity (Wildman–Crippen MR) is 92.3 cm³/mol. The Morgan fingerprint density at radius 3 is 2.52 bits per heavy atom. The molecule has 0 bridgehead atoms. The first-order valence-electron chi connectivity index (χ1n) is 7.80. The molecule has 0 atom stereocenters. The van der Waals surface area contributed by atoms with Gasteiger partial charge in [0.05, 0.1) is 11.3 Å². The van der Waals surface area contributed by atoms with Crippen LogP contribution in [0.5, 0.6) is 0 Å². The Balaban J connectivity index is 1.98. The molecule has 0 aliphatic carbocycles. The second-order valence-electron chi connectivity index (χ2n) is 5.43. The number of para-hydroxylation sites is 1. The number of hydrogen-bond acceptors (Lipinski definition) is 3. The number of hydrogen-bond donors (Lipinski definition) is 1. The number of benzene rings is 2. The van der Waals surface area contributed by atoms with E-state index in [1.165, 1.54) is 17.9 Å². The molecule has 0 radical (unpaired) electrons. The highest BCUT2D eigenvalue weighted by molar-refractivity contribution is 5.98. The third-order valence-corrected chi connectivity index (χ3v) is 3.67. The van der Waals surface area contributed by atoms with E-state index in [2.05, 4.69) is 5.32 Å². The van der Waals surface area contributed by atoms with Crippen LogP contribution < -0.4 is 10.2 Å². The summed E-state index contributed by atoms with van der Waals surface area (Å²) in [5, 5.41) is 11.8. The molecule has 2 amide bonds. The van der Waals surface area contributed by atoms with Crippen LogP contribution in [0.2, 0.25) is 0 Å². The first kappa shape index (κ1) is 18.1. The van der Waals surface area contributed by atoms with Crippen molar-refractivity contribution in [2.45, 2.75) is 13.3 Å². The highest BCUT2D eigenvalue weighted by atomic mass is 19.1. The number of amides is 2. The van der Waals surface area contributed by atoms with Crippen LogP contribution in [0, 0.1) is 17.1 Å². The average molecular weight is 339 g/mol. The number of nitrogens with one attached hydrogen (secondary N) is 1. The van der Waals surface area contributed by atoms with Gasteiger partial charge >= 0.3 is 0 Å². The fourth-order valence-corrected chi connectivity index (χ4v) is 2.41. The lowest BCUT2D eigenvalue weighted by Crippen LogP contribution is -2.40. The van der Waals surface area contributed by atoms with Crippen molar-refractivity contribution in [2.75, 3.05) is 18.0 Å². The molecule has 0 fully saturated rings. The number of nitriles is 1. The maximum absolute atomic E-state index is 13.5. The van der Waals surface area contributed by atoms with E-state index in [0.29, 0.717) is 23.2 Å². The Labute approximate surface area is 145 Å². The lowest BCUT2D eigenvalue weighted by Gasteiger charge is -2.21. The maximum Gasteiger partial charge on any atom is 0.240 e. The van der Waals surface area contributed by atoms with E-state index in [0.717, 1.165) is 0 Å². The lowest BCUT2D eigenvalue weighted by molar-refractivity contribution is -0.123. The normalized spacial score (nSPS) is 9.96. The fraction of sp³-hybridized carbons (Fsp3) is 0.211. The molecule has 0 saturated heterocycles. The lowest BCUT2D eigenvalue weighted by atomic mass is 10.1. The maximum atomic E-state index is 13.5. The van der Waals surface area contributed by atoms with Crippen molar-refractivity contribution in [1.82, 2.24) is 5.32 Å². The summed E-state index contributed by atoms with van der Waals surface area (Å²) in [6.07, 6.45) is 0.354. The van der Waals surface area contributed by atoms with E-state index in [-0.39, 0.29) is 30.7 Å². The third-order valence-electron chi connectivity index (χ3n) is 3.67. The molecule has 0 aliphatic rings. The van der Waals surface area contributed by atoms with Crippen LogP contribution in [0.25, 0.3) is 0 Å². The Kier molecular flexibility index (Phi) is 6.24. The minimum Gasteiger partial charge on any atom is -0.354 e. The van der Waals surface area contributed by atoms with Gasteiger partial charge < -0.3 is 10.2 Å². The van der Waals surface area contributed by atoms with Crippen molar-refractivity contribution in [3.05, 3.63) is 65.5 Å².